The summed E-state index contributed by atoms with van der Waals surface area (Å²) in [4.78, 5) is 0. The van der Waals surface area contributed by atoms with Gasteiger partial charge >= 0.3 is 0 Å². The summed E-state index contributed by atoms with van der Waals surface area (Å²) < 4.78 is 10.4. The van der Waals surface area contributed by atoms with Crippen LogP contribution in [0.15, 0.2) is 0 Å². The molecule has 4 heteroatoms. The van der Waals surface area contributed by atoms with Crippen LogP contribution in [-0.4, -0.2) is 50.7 Å². The number of aliphatic hydroxyl groups is 1. The van der Waals surface area contributed by atoms with Crippen molar-refractivity contribution in [1.82, 2.24) is 5.32 Å². The van der Waals surface area contributed by atoms with E-state index >= 15 is 0 Å². The van der Waals surface area contributed by atoms with Gasteiger partial charge in [-0.2, -0.15) is 0 Å². The van der Waals surface area contributed by atoms with Crippen LogP contribution < -0.4 is 5.32 Å². The lowest BCUT2D eigenvalue weighted by Crippen LogP contribution is -2.33. The van der Waals surface area contributed by atoms with Crippen molar-refractivity contribution in [3.8, 4) is 0 Å². The van der Waals surface area contributed by atoms with E-state index in [1.54, 1.807) is 7.11 Å². The molecule has 1 saturated carbocycles. The normalized spacial score (nSPS) is 20.2. The molecule has 1 aliphatic carbocycles. The Morgan fingerprint density at radius 3 is 2.67 bits per heavy atom. The second-order valence-electron chi connectivity index (χ2n) is 5.40. The monoisotopic (exact) mass is 259 g/mol. The van der Waals surface area contributed by atoms with E-state index < -0.39 is 6.10 Å². The van der Waals surface area contributed by atoms with E-state index in [0.29, 0.717) is 19.8 Å². The lowest BCUT2D eigenvalue weighted by Gasteiger charge is -2.17. The molecule has 18 heavy (non-hydrogen) atoms. The van der Waals surface area contributed by atoms with Gasteiger partial charge < -0.3 is 19.9 Å². The third-order valence-electron chi connectivity index (χ3n) is 3.56. The highest BCUT2D eigenvalue weighted by atomic mass is 16.5. The van der Waals surface area contributed by atoms with Gasteiger partial charge in [0.25, 0.3) is 0 Å². The fourth-order valence-electron chi connectivity index (χ4n) is 2.49. The van der Waals surface area contributed by atoms with E-state index in [2.05, 4.69) is 5.32 Å². The Hall–Kier alpha value is -0.160. The average molecular weight is 259 g/mol. The summed E-state index contributed by atoms with van der Waals surface area (Å²) in [6, 6.07) is 0. The Labute approximate surface area is 111 Å². The van der Waals surface area contributed by atoms with Crippen molar-refractivity contribution in [3.63, 3.8) is 0 Å². The Kier molecular flexibility index (Phi) is 8.59. The molecule has 0 aromatic heterocycles. The Balaban J connectivity index is 1.91. The van der Waals surface area contributed by atoms with Gasteiger partial charge in [-0.15, -0.1) is 0 Å². The largest absolute Gasteiger partial charge is 0.389 e. The molecule has 0 heterocycles. The Bertz CT molecular complexity index is 195. The quantitative estimate of drug-likeness (QED) is 0.585. The third kappa shape index (κ3) is 7.31. The van der Waals surface area contributed by atoms with E-state index in [0.717, 1.165) is 12.5 Å². The van der Waals surface area contributed by atoms with Gasteiger partial charge in [0.15, 0.2) is 0 Å². The second-order valence-corrected chi connectivity index (χ2v) is 5.40. The van der Waals surface area contributed by atoms with Crippen molar-refractivity contribution in [2.75, 3.05) is 33.4 Å². The molecule has 4 nitrogen and oxygen atoms in total. The number of rotatable bonds is 10. The summed E-state index contributed by atoms with van der Waals surface area (Å²) in [5.41, 5.74) is 0. The number of hydrogen-bond donors (Lipinski definition) is 2. The van der Waals surface area contributed by atoms with Gasteiger partial charge in [0, 0.05) is 13.7 Å². The first kappa shape index (κ1) is 15.9. The highest BCUT2D eigenvalue weighted by Gasteiger charge is 2.14. The fraction of sp³-hybridized carbons (Fsp3) is 1.00. The second kappa shape index (κ2) is 9.73. The van der Waals surface area contributed by atoms with E-state index in [1.165, 1.54) is 32.1 Å². The van der Waals surface area contributed by atoms with Gasteiger partial charge in [-0.3, -0.25) is 0 Å². The Morgan fingerprint density at radius 1 is 1.28 bits per heavy atom. The molecule has 108 valence electrons. The molecule has 2 atom stereocenters. The molecule has 2 N–H and O–H groups in total. The predicted molar refractivity (Wildman–Crippen MR) is 72.7 cm³/mol. The first-order chi connectivity index (χ1) is 8.72. The molecule has 0 bridgehead atoms. The van der Waals surface area contributed by atoms with Crippen molar-refractivity contribution in [2.45, 2.75) is 51.2 Å². The maximum atomic E-state index is 9.73. The molecular formula is C14H29NO3. The molecule has 0 aromatic carbocycles. The number of nitrogens with one attached hydrogen (secondary N) is 1. The maximum Gasteiger partial charge on any atom is 0.0897 e. The number of ether oxygens (including phenoxy) is 2. The molecule has 0 radical (unpaired) electrons. The van der Waals surface area contributed by atoms with Gasteiger partial charge in [-0.25, -0.2) is 0 Å². The summed E-state index contributed by atoms with van der Waals surface area (Å²) in [6.45, 7) is 4.52. The molecule has 1 rings (SSSR count). The molecule has 0 aliphatic heterocycles. The summed E-state index contributed by atoms with van der Waals surface area (Å²) in [7, 11) is 1.65. The van der Waals surface area contributed by atoms with Crippen LogP contribution in [0.1, 0.15) is 39.0 Å². The van der Waals surface area contributed by atoms with Gasteiger partial charge in [0.2, 0.25) is 0 Å². The van der Waals surface area contributed by atoms with Gasteiger partial charge in [-0.05, 0) is 25.8 Å². The molecule has 1 aliphatic rings. The molecule has 1 fully saturated rings. The first-order valence-electron chi connectivity index (χ1n) is 7.21. The van der Waals surface area contributed by atoms with Gasteiger partial charge in [0.1, 0.15) is 0 Å². The van der Waals surface area contributed by atoms with Crippen LogP contribution in [0.25, 0.3) is 0 Å². The molecule has 0 aromatic rings. The number of aliphatic hydroxyl groups excluding tert-OH is 1. The molecule has 0 spiro atoms. The maximum absolute atomic E-state index is 9.73. The van der Waals surface area contributed by atoms with Crippen LogP contribution >= 0.6 is 0 Å². The number of hydrogen-bond acceptors (Lipinski definition) is 4. The summed E-state index contributed by atoms with van der Waals surface area (Å²) >= 11 is 0. The minimum Gasteiger partial charge on any atom is -0.389 e. The molecule has 0 amide bonds. The molecule has 2 unspecified atom stereocenters. The highest BCUT2D eigenvalue weighted by Crippen LogP contribution is 2.26. The predicted octanol–water partition coefficient (Wildman–Crippen LogP) is 1.57. The van der Waals surface area contributed by atoms with E-state index in [4.69, 9.17) is 9.47 Å². The molecular weight excluding hydrogens is 230 g/mol. The Morgan fingerprint density at radius 2 is 2.00 bits per heavy atom. The van der Waals surface area contributed by atoms with Gasteiger partial charge in [0.05, 0.1) is 25.4 Å². The van der Waals surface area contributed by atoms with Crippen LogP contribution in [0.2, 0.25) is 0 Å². The smallest absolute Gasteiger partial charge is 0.0897 e. The van der Waals surface area contributed by atoms with Gasteiger partial charge in [-0.1, -0.05) is 25.7 Å². The fourth-order valence-corrected chi connectivity index (χ4v) is 2.49. The van der Waals surface area contributed by atoms with Crippen LogP contribution in [0.4, 0.5) is 0 Å². The standard InChI is InChI=1S/C14H29NO3/c1-12(10-17-2)18-11-14(16)9-15-8-7-13-5-3-4-6-13/h12-16H,3-11H2,1-2H3. The zero-order chi connectivity index (χ0) is 13.2. The highest BCUT2D eigenvalue weighted by molar-refractivity contribution is 4.69. The summed E-state index contributed by atoms with van der Waals surface area (Å²) in [6.07, 6.45) is 6.45. The van der Waals surface area contributed by atoms with Crippen molar-refractivity contribution in [2.24, 2.45) is 5.92 Å². The van der Waals surface area contributed by atoms with Crippen molar-refractivity contribution < 1.29 is 14.6 Å². The molecule has 0 saturated heterocycles. The lowest BCUT2D eigenvalue weighted by molar-refractivity contribution is -0.0310. The van der Waals surface area contributed by atoms with E-state index in [1.807, 2.05) is 6.92 Å². The van der Waals surface area contributed by atoms with E-state index in [9.17, 15) is 5.11 Å². The zero-order valence-corrected chi connectivity index (χ0v) is 11.9. The minimum atomic E-state index is -0.423. The van der Waals surface area contributed by atoms with Crippen LogP contribution in [0, 0.1) is 5.92 Å². The SMILES string of the molecule is COCC(C)OCC(O)CNCCC1CCCC1. The zero-order valence-electron chi connectivity index (χ0n) is 11.9. The van der Waals surface area contributed by atoms with Crippen molar-refractivity contribution >= 4 is 0 Å². The first-order valence-corrected chi connectivity index (χ1v) is 7.21. The average Bonchev–Trinajstić information content (AvgIpc) is 2.85. The van der Waals surface area contributed by atoms with E-state index in [-0.39, 0.29) is 6.10 Å². The van der Waals surface area contributed by atoms with Crippen LogP contribution in [0.3, 0.4) is 0 Å². The third-order valence-corrected chi connectivity index (χ3v) is 3.56. The van der Waals surface area contributed by atoms with Crippen LogP contribution in [0.5, 0.6) is 0 Å². The topological polar surface area (TPSA) is 50.7 Å². The van der Waals surface area contributed by atoms with Crippen molar-refractivity contribution in [1.29, 1.82) is 0 Å². The lowest BCUT2D eigenvalue weighted by atomic mass is 10.0. The summed E-state index contributed by atoms with van der Waals surface area (Å²) in [5.74, 6) is 0.910. The van der Waals surface area contributed by atoms with Crippen molar-refractivity contribution in [3.05, 3.63) is 0 Å². The van der Waals surface area contributed by atoms with Crippen LogP contribution in [-0.2, 0) is 9.47 Å². The minimum absolute atomic E-state index is 0.0446. The number of methoxy groups -OCH3 is 1. The summed E-state index contributed by atoms with van der Waals surface area (Å²) in [5, 5.41) is 13.0.